The summed E-state index contributed by atoms with van der Waals surface area (Å²) >= 11 is 0. The minimum atomic E-state index is -0.249. The summed E-state index contributed by atoms with van der Waals surface area (Å²) in [6.45, 7) is 3.77. The summed E-state index contributed by atoms with van der Waals surface area (Å²) in [5.41, 5.74) is 4.88. The van der Waals surface area contributed by atoms with Crippen LogP contribution in [0.2, 0.25) is 0 Å². The Hall–Kier alpha value is -3.08. The molecule has 5 rings (SSSR count). The lowest BCUT2D eigenvalue weighted by atomic mass is 9.95. The number of para-hydroxylation sites is 1. The lowest BCUT2D eigenvalue weighted by Crippen LogP contribution is -2.42. The van der Waals surface area contributed by atoms with Crippen LogP contribution in [0.5, 0.6) is 0 Å². The summed E-state index contributed by atoms with van der Waals surface area (Å²) in [5, 5.41) is 1.11. The maximum Gasteiger partial charge on any atom is 0.255 e. The van der Waals surface area contributed by atoms with Crippen molar-refractivity contribution in [3.63, 3.8) is 0 Å². The van der Waals surface area contributed by atoms with E-state index in [1.165, 1.54) is 12.8 Å². The Bertz CT molecular complexity index is 1110. The van der Waals surface area contributed by atoms with Crippen LogP contribution < -0.4 is 0 Å². The van der Waals surface area contributed by atoms with Gasteiger partial charge < -0.3 is 14.8 Å². The molecule has 2 amide bonds. The van der Waals surface area contributed by atoms with Crippen LogP contribution in [-0.4, -0.2) is 46.2 Å². The third-order valence-corrected chi connectivity index (χ3v) is 6.54. The number of carbonyl (C=O) groups excluding carboxylic acids is 2. The first-order valence-electron chi connectivity index (χ1n) is 10.9. The molecule has 0 unspecified atom stereocenters. The van der Waals surface area contributed by atoms with Gasteiger partial charge >= 0.3 is 0 Å². The van der Waals surface area contributed by atoms with Crippen molar-refractivity contribution in [1.29, 1.82) is 0 Å². The molecule has 0 aliphatic carbocycles. The Kier molecular flexibility index (Phi) is 4.81. The number of hydrogen-bond donors (Lipinski definition) is 1. The number of nitrogens with one attached hydrogen (secondary N) is 1. The van der Waals surface area contributed by atoms with Gasteiger partial charge in [-0.2, -0.15) is 0 Å². The van der Waals surface area contributed by atoms with Gasteiger partial charge in [0.15, 0.2) is 0 Å². The van der Waals surface area contributed by atoms with Crippen molar-refractivity contribution >= 4 is 22.7 Å². The zero-order chi connectivity index (χ0) is 20.7. The van der Waals surface area contributed by atoms with Crippen LogP contribution in [0.15, 0.2) is 48.5 Å². The van der Waals surface area contributed by atoms with E-state index in [4.69, 9.17) is 0 Å². The monoisotopic (exact) mass is 401 g/mol. The van der Waals surface area contributed by atoms with Crippen molar-refractivity contribution in [1.82, 2.24) is 14.8 Å². The number of likely N-dealkylation sites (tertiary alicyclic amines) is 1. The number of H-pyrrole nitrogens is 1. The van der Waals surface area contributed by atoms with Crippen LogP contribution in [0.3, 0.4) is 0 Å². The maximum atomic E-state index is 13.4. The largest absolute Gasteiger partial charge is 0.358 e. The fourth-order valence-electron chi connectivity index (χ4n) is 5.06. The predicted molar refractivity (Wildman–Crippen MR) is 117 cm³/mol. The molecular weight excluding hydrogens is 374 g/mol. The van der Waals surface area contributed by atoms with E-state index < -0.39 is 0 Å². The summed E-state index contributed by atoms with van der Waals surface area (Å²) < 4.78 is 0. The molecule has 1 aromatic heterocycles. The number of amides is 2. The van der Waals surface area contributed by atoms with Crippen molar-refractivity contribution in [3.8, 4) is 0 Å². The summed E-state index contributed by atoms with van der Waals surface area (Å²) in [5.74, 6) is 0.00371. The van der Waals surface area contributed by atoms with Crippen molar-refractivity contribution in [3.05, 3.63) is 70.9 Å². The van der Waals surface area contributed by atoms with Crippen LogP contribution in [0, 0.1) is 6.92 Å². The molecule has 1 fully saturated rings. The van der Waals surface area contributed by atoms with E-state index in [0.29, 0.717) is 5.56 Å². The first kappa shape index (κ1) is 18.9. The number of rotatable bonds is 3. The molecule has 2 aliphatic heterocycles. The molecule has 0 spiro atoms. The number of aromatic nitrogens is 1. The average Bonchev–Trinajstić information content (AvgIpc) is 3.06. The highest BCUT2D eigenvalue weighted by Crippen LogP contribution is 2.42. The third-order valence-electron chi connectivity index (χ3n) is 6.54. The second-order valence-corrected chi connectivity index (χ2v) is 8.43. The van der Waals surface area contributed by atoms with Crippen LogP contribution in [-0.2, 0) is 4.79 Å². The molecular formula is C25H27N3O2. The molecule has 1 saturated heterocycles. The van der Waals surface area contributed by atoms with Crippen molar-refractivity contribution in [2.45, 2.75) is 38.6 Å². The molecule has 5 nitrogen and oxygen atoms in total. The van der Waals surface area contributed by atoms with E-state index in [9.17, 15) is 9.59 Å². The number of aromatic amines is 1. The van der Waals surface area contributed by atoms with Crippen LogP contribution in [0.1, 0.15) is 58.9 Å². The number of benzene rings is 2. The zero-order valence-corrected chi connectivity index (χ0v) is 17.4. The number of hydrogen-bond acceptors (Lipinski definition) is 2. The van der Waals surface area contributed by atoms with Gasteiger partial charge in [0.2, 0.25) is 5.91 Å². The average molecular weight is 402 g/mol. The van der Waals surface area contributed by atoms with Crippen LogP contribution >= 0.6 is 0 Å². The summed E-state index contributed by atoms with van der Waals surface area (Å²) in [7, 11) is 0. The van der Waals surface area contributed by atoms with Gasteiger partial charge in [-0.1, -0.05) is 49.2 Å². The fourth-order valence-corrected chi connectivity index (χ4v) is 5.06. The standard InChI is InChI=1S/C25H27N3O2/c1-17-23(20-12-6-7-13-21(20)26-17)24-18-10-4-5-11-19(18)25(30)28(24)16-22(29)27-14-8-2-3-9-15-27/h4-7,10-13,24,26H,2-3,8-9,14-16H2,1H3/t24-/m0/s1. The lowest BCUT2D eigenvalue weighted by molar-refractivity contribution is -0.132. The van der Waals surface area contributed by atoms with Gasteiger partial charge in [-0.3, -0.25) is 9.59 Å². The Morgan fingerprint density at radius 3 is 2.50 bits per heavy atom. The summed E-state index contributed by atoms with van der Waals surface area (Å²) in [4.78, 5) is 33.8. The Labute approximate surface area is 176 Å². The first-order valence-corrected chi connectivity index (χ1v) is 10.9. The predicted octanol–water partition coefficient (Wildman–Crippen LogP) is 4.42. The van der Waals surface area contributed by atoms with E-state index in [1.54, 1.807) is 4.90 Å². The van der Waals surface area contributed by atoms with Crippen molar-refractivity contribution in [2.75, 3.05) is 19.6 Å². The summed E-state index contributed by atoms with van der Waals surface area (Å²) in [6.07, 6.45) is 4.44. The highest BCUT2D eigenvalue weighted by atomic mass is 16.2. The summed E-state index contributed by atoms with van der Waals surface area (Å²) in [6, 6.07) is 15.7. The Morgan fingerprint density at radius 2 is 1.70 bits per heavy atom. The molecule has 2 aliphatic rings. The van der Waals surface area contributed by atoms with E-state index in [2.05, 4.69) is 24.0 Å². The molecule has 1 N–H and O–H groups in total. The van der Waals surface area contributed by atoms with E-state index in [0.717, 1.165) is 53.7 Å². The van der Waals surface area contributed by atoms with Crippen LogP contribution in [0.4, 0.5) is 0 Å². The Morgan fingerprint density at radius 1 is 1.00 bits per heavy atom. The molecule has 5 heteroatoms. The number of fused-ring (bicyclic) bond motifs is 2. The second-order valence-electron chi connectivity index (χ2n) is 8.43. The molecule has 0 bridgehead atoms. The lowest BCUT2D eigenvalue weighted by Gasteiger charge is -2.29. The molecule has 0 radical (unpaired) electrons. The van der Waals surface area contributed by atoms with E-state index in [1.807, 2.05) is 41.3 Å². The fraction of sp³-hybridized carbons (Fsp3) is 0.360. The minimum absolute atomic E-state index is 0.0524. The van der Waals surface area contributed by atoms with Gasteiger partial charge in [-0.25, -0.2) is 0 Å². The van der Waals surface area contributed by atoms with Gasteiger partial charge in [-0.15, -0.1) is 0 Å². The molecule has 0 saturated carbocycles. The smallest absolute Gasteiger partial charge is 0.255 e. The van der Waals surface area contributed by atoms with Crippen LogP contribution in [0.25, 0.3) is 10.9 Å². The maximum absolute atomic E-state index is 13.4. The van der Waals surface area contributed by atoms with Gasteiger partial charge in [0.05, 0.1) is 6.04 Å². The van der Waals surface area contributed by atoms with E-state index in [-0.39, 0.29) is 24.4 Å². The first-order chi connectivity index (χ1) is 14.6. The molecule has 3 aromatic rings. The zero-order valence-electron chi connectivity index (χ0n) is 17.4. The van der Waals surface area contributed by atoms with Gasteiger partial charge in [0.25, 0.3) is 5.91 Å². The number of aryl methyl sites for hydroxylation is 1. The number of carbonyl (C=O) groups is 2. The minimum Gasteiger partial charge on any atom is -0.358 e. The Balaban J connectivity index is 1.56. The van der Waals surface area contributed by atoms with E-state index >= 15 is 0 Å². The third kappa shape index (κ3) is 3.09. The second kappa shape index (κ2) is 7.63. The molecule has 2 aromatic carbocycles. The highest BCUT2D eigenvalue weighted by molar-refractivity contribution is 6.02. The molecule has 3 heterocycles. The number of nitrogens with zero attached hydrogens (tertiary/aromatic N) is 2. The van der Waals surface area contributed by atoms with Gasteiger partial charge in [-0.05, 0) is 37.5 Å². The van der Waals surface area contributed by atoms with Crippen molar-refractivity contribution in [2.24, 2.45) is 0 Å². The van der Waals surface area contributed by atoms with Gasteiger partial charge in [0, 0.05) is 40.8 Å². The molecule has 1 atom stereocenters. The SMILES string of the molecule is Cc1[nH]c2ccccc2c1[C@@H]1c2ccccc2C(=O)N1CC(=O)N1CCCCCC1. The molecule has 30 heavy (non-hydrogen) atoms. The highest BCUT2D eigenvalue weighted by Gasteiger charge is 2.40. The quantitative estimate of drug-likeness (QED) is 0.706. The topological polar surface area (TPSA) is 56.4 Å². The molecule has 154 valence electrons. The normalized spacial score (nSPS) is 19.2. The van der Waals surface area contributed by atoms with Crippen molar-refractivity contribution < 1.29 is 9.59 Å². The van der Waals surface area contributed by atoms with Gasteiger partial charge in [0.1, 0.15) is 6.54 Å².